The molecule has 0 amide bonds. The van der Waals surface area contributed by atoms with Gasteiger partial charge in [0.05, 0.1) is 0 Å². The van der Waals surface area contributed by atoms with Gasteiger partial charge in [-0.1, -0.05) is 20.8 Å². The Morgan fingerprint density at radius 2 is 1.50 bits per heavy atom. The SMILES string of the molecule is CCN(CC)C(=N)C(C)(C)C.Cl. The minimum atomic E-state index is -0.00792. The van der Waals surface area contributed by atoms with Crippen LogP contribution in [0.2, 0.25) is 0 Å². The molecule has 1 N–H and O–H groups in total. The van der Waals surface area contributed by atoms with Crippen molar-refractivity contribution < 1.29 is 0 Å². The maximum absolute atomic E-state index is 7.82. The summed E-state index contributed by atoms with van der Waals surface area (Å²) < 4.78 is 0. The zero-order chi connectivity index (χ0) is 9.07. The Hall–Kier alpha value is -0.240. The highest BCUT2D eigenvalue weighted by atomic mass is 35.5. The molecule has 2 nitrogen and oxygen atoms in total. The van der Waals surface area contributed by atoms with E-state index in [2.05, 4.69) is 39.5 Å². The highest BCUT2D eigenvalue weighted by Crippen LogP contribution is 2.17. The van der Waals surface area contributed by atoms with Crippen molar-refractivity contribution in [2.45, 2.75) is 34.6 Å². The van der Waals surface area contributed by atoms with E-state index < -0.39 is 0 Å². The van der Waals surface area contributed by atoms with Gasteiger partial charge in [-0.05, 0) is 13.8 Å². The molecule has 0 rings (SSSR count). The molecule has 0 atom stereocenters. The molecule has 0 radical (unpaired) electrons. The third kappa shape index (κ3) is 3.96. The van der Waals surface area contributed by atoms with Crippen LogP contribution in [0.1, 0.15) is 34.6 Å². The lowest BCUT2D eigenvalue weighted by Crippen LogP contribution is -2.38. The van der Waals surface area contributed by atoms with Gasteiger partial charge >= 0.3 is 0 Å². The number of nitrogens with zero attached hydrogens (tertiary/aromatic N) is 1. The molecule has 0 heterocycles. The van der Waals surface area contributed by atoms with Crippen LogP contribution in [-0.4, -0.2) is 23.8 Å². The van der Waals surface area contributed by atoms with E-state index in [1.807, 2.05) is 0 Å². The quantitative estimate of drug-likeness (QED) is 0.529. The first-order valence-electron chi connectivity index (χ1n) is 4.27. The molecule has 0 aromatic carbocycles. The second-order valence-electron chi connectivity index (χ2n) is 3.77. The molecule has 0 unspecified atom stereocenters. The van der Waals surface area contributed by atoms with Crippen LogP contribution in [0.15, 0.2) is 0 Å². The van der Waals surface area contributed by atoms with Gasteiger partial charge < -0.3 is 4.90 Å². The van der Waals surface area contributed by atoms with Gasteiger partial charge in [0.15, 0.2) is 0 Å². The maximum Gasteiger partial charge on any atom is 0.101 e. The third-order valence-electron chi connectivity index (χ3n) is 1.79. The van der Waals surface area contributed by atoms with Crippen LogP contribution in [0.5, 0.6) is 0 Å². The summed E-state index contributed by atoms with van der Waals surface area (Å²) in [5, 5.41) is 7.82. The van der Waals surface area contributed by atoms with Gasteiger partial charge in [0.1, 0.15) is 5.84 Å². The van der Waals surface area contributed by atoms with E-state index in [1.165, 1.54) is 0 Å². The average molecular weight is 193 g/mol. The van der Waals surface area contributed by atoms with Crippen molar-refractivity contribution in [1.29, 1.82) is 5.41 Å². The second-order valence-corrected chi connectivity index (χ2v) is 3.77. The fraction of sp³-hybridized carbons (Fsp3) is 0.889. The molecule has 0 aliphatic heterocycles. The first-order valence-corrected chi connectivity index (χ1v) is 4.27. The summed E-state index contributed by atoms with van der Waals surface area (Å²) in [7, 11) is 0. The van der Waals surface area contributed by atoms with Gasteiger partial charge in [0.25, 0.3) is 0 Å². The molecular weight excluding hydrogens is 172 g/mol. The Kier molecular flexibility index (Phi) is 6.45. The lowest BCUT2D eigenvalue weighted by molar-refractivity contribution is 0.396. The molecule has 74 valence electrons. The van der Waals surface area contributed by atoms with Gasteiger partial charge in [0.2, 0.25) is 0 Å². The summed E-state index contributed by atoms with van der Waals surface area (Å²) in [6.45, 7) is 12.3. The van der Waals surface area contributed by atoms with Crippen LogP contribution in [0.25, 0.3) is 0 Å². The molecule has 12 heavy (non-hydrogen) atoms. The number of nitrogens with one attached hydrogen (secondary N) is 1. The van der Waals surface area contributed by atoms with E-state index in [1.54, 1.807) is 0 Å². The predicted octanol–water partition coefficient (Wildman–Crippen LogP) is 2.77. The molecule has 0 saturated heterocycles. The first kappa shape index (κ1) is 14.3. The van der Waals surface area contributed by atoms with E-state index in [0.29, 0.717) is 0 Å². The fourth-order valence-corrected chi connectivity index (χ4v) is 1.01. The lowest BCUT2D eigenvalue weighted by atomic mass is 9.94. The molecule has 0 saturated carbocycles. The number of amidine groups is 1. The Balaban J connectivity index is 0. The van der Waals surface area contributed by atoms with Crippen LogP contribution in [0.3, 0.4) is 0 Å². The van der Waals surface area contributed by atoms with Gasteiger partial charge in [-0.25, -0.2) is 0 Å². The van der Waals surface area contributed by atoms with Crippen molar-refractivity contribution in [3.63, 3.8) is 0 Å². The number of halogens is 1. The summed E-state index contributed by atoms with van der Waals surface area (Å²) in [5.41, 5.74) is -0.00792. The molecular formula is C9H21ClN2. The largest absolute Gasteiger partial charge is 0.361 e. The summed E-state index contributed by atoms with van der Waals surface area (Å²) in [5.74, 6) is 0.738. The molecule has 0 aliphatic rings. The first-order chi connectivity index (χ1) is 4.93. The van der Waals surface area contributed by atoms with Crippen molar-refractivity contribution in [2.24, 2.45) is 5.41 Å². The fourth-order valence-electron chi connectivity index (χ4n) is 1.01. The summed E-state index contributed by atoms with van der Waals surface area (Å²) in [4.78, 5) is 2.08. The van der Waals surface area contributed by atoms with Crippen molar-refractivity contribution in [2.75, 3.05) is 13.1 Å². The zero-order valence-corrected chi connectivity index (χ0v) is 9.59. The maximum atomic E-state index is 7.82. The van der Waals surface area contributed by atoms with Crippen molar-refractivity contribution in [1.82, 2.24) is 4.90 Å². The van der Waals surface area contributed by atoms with E-state index in [4.69, 9.17) is 5.41 Å². The van der Waals surface area contributed by atoms with E-state index >= 15 is 0 Å². The van der Waals surface area contributed by atoms with Crippen molar-refractivity contribution in [3.8, 4) is 0 Å². The van der Waals surface area contributed by atoms with E-state index in [0.717, 1.165) is 18.9 Å². The van der Waals surface area contributed by atoms with Crippen molar-refractivity contribution in [3.05, 3.63) is 0 Å². The zero-order valence-electron chi connectivity index (χ0n) is 8.77. The standard InChI is InChI=1S/C9H20N2.ClH/c1-6-11(7-2)8(10)9(3,4)5;/h10H,6-7H2,1-5H3;1H. The van der Waals surface area contributed by atoms with Crippen LogP contribution >= 0.6 is 12.4 Å². The van der Waals surface area contributed by atoms with Crippen molar-refractivity contribution >= 4 is 18.2 Å². The van der Waals surface area contributed by atoms with Gasteiger partial charge in [-0.15, -0.1) is 12.4 Å². The lowest BCUT2D eigenvalue weighted by Gasteiger charge is -2.30. The number of hydrogen-bond donors (Lipinski definition) is 1. The van der Waals surface area contributed by atoms with Gasteiger partial charge in [-0.3, -0.25) is 5.41 Å². The molecule has 3 heteroatoms. The summed E-state index contributed by atoms with van der Waals surface area (Å²) in [6, 6.07) is 0. The van der Waals surface area contributed by atoms with E-state index in [9.17, 15) is 0 Å². The molecule has 0 aromatic heterocycles. The smallest absolute Gasteiger partial charge is 0.101 e. The minimum Gasteiger partial charge on any atom is -0.361 e. The Morgan fingerprint density at radius 1 is 1.17 bits per heavy atom. The molecule has 0 fully saturated rings. The summed E-state index contributed by atoms with van der Waals surface area (Å²) >= 11 is 0. The minimum absolute atomic E-state index is 0. The molecule has 0 bridgehead atoms. The van der Waals surface area contributed by atoms with Crippen LogP contribution < -0.4 is 0 Å². The molecule has 0 aliphatic carbocycles. The normalized spacial score (nSPS) is 10.4. The Bertz CT molecular complexity index is 134. The monoisotopic (exact) mass is 192 g/mol. The van der Waals surface area contributed by atoms with Gasteiger partial charge in [0, 0.05) is 18.5 Å². The summed E-state index contributed by atoms with van der Waals surface area (Å²) in [6.07, 6.45) is 0. The molecule has 0 aromatic rings. The molecule has 0 spiro atoms. The van der Waals surface area contributed by atoms with Crippen LogP contribution in [-0.2, 0) is 0 Å². The average Bonchev–Trinajstić information content (AvgIpc) is 1.88. The Labute approximate surface area is 82.3 Å². The predicted molar refractivity (Wildman–Crippen MR) is 57.4 cm³/mol. The number of hydrogen-bond acceptors (Lipinski definition) is 1. The highest BCUT2D eigenvalue weighted by Gasteiger charge is 2.20. The third-order valence-corrected chi connectivity index (χ3v) is 1.79. The van der Waals surface area contributed by atoms with E-state index in [-0.39, 0.29) is 17.8 Å². The van der Waals surface area contributed by atoms with Gasteiger partial charge in [-0.2, -0.15) is 0 Å². The topological polar surface area (TPSA) is 27.1 Å². The Morgan fingerprint density at radius 3 is 1.58 bits per heavy atom. The van der Waals surface area contributed by atoms with Crippen LogP contribution in [0.4, 0.5) is 0 Å². The second kappa shape index (κ2) is 5.41. The highest BCUT2D eigenvalue weighted by molar-refractivity contribution is 5.85. The van der Waals surface area contributed by atoms with Crippen LogP contribution in [0, 0.1) is 10.8 Å². The number of rotatable bonds is 2.